The van der Waals surface area contributed by atoms with Crippen LogP contribution in [0.25, 0.3) is 0 Å². The maximum Gasteiger partial charge on any atom is 0.408 e. The third-order valence-electron chi connectivity index (χ3n) is 5.56. The highest BCUT2D eigenvalue weighted by Crippen LogP contribution is 2.36. The Morgan fingerprint density at radius 1 is 1.10 bits per heavy atom. The van der Waals surface area contributed by atoms with Crippen LogP contribution >= 0.6 is 11.8 Å². The van der Waals surface area contributed by atoms with Crippen LogP contribution in [0.4, 0.5) is 4.79 Å². The lowest BCUT2D eigenvalue weighted by Crippen LogP contribution is -2.58. The standard InChI is InChI=1S/C28H45N3O7S/c1-10-37-21(32)14-16-29-24(34)22(19-13-11-12-18(2)23(19)33)31(27(3,4)5)25(35)20(15-17-39-9)30-26(36)38-28(6,7)8/h11-13,20,22,33H,10,14-17H2,1-9H3,(H,29,34)(H,30,36). The van der Waals surface area contributed by atoms with Gasteiger partial charge in [0.15, 0.2) is 0 Å². The fourth-order valence-corrected chi connectivity index (χ4v) is 4.34. The number of hydrogen-bond donors (Lipinski definition) is 3. The molecule has 0 saturated heterocycles. The van der Waals surface area contributed by atoms with Crippen molar-refractivity contribution >= 4 is 35.6 Å². The van der Waals surface area contributed by atoms with E-state index in [0.29, 0.717) is 17.7 Å². The van der Waals surface area contributed by atoms with E-state index in [9.17, 15) is 24.3 Å². The molecule has 0 heterocycles. The molecule has 0 saturated carbocycles. The molecule has 3 amide bonds. The summed E-state index contributed by atoms with van der Waals surface area (Å²) < 4.78 is 10.3. The first kappa shape index (κ1) is 34.1. The second kappa shape index (κ2) is 15.0. The number of hydrogen-bond acceptors (Lipinski definition) is 8. The number of phenolic OH excluding ortho intramolecular Hbond substituents is 1. The lowest BCUT2D eigenvalue weighted by Gasteiger charge is -2.43. The van der Waals surface area contributed by atoms with Gasteiger partial charge in [-0.25, -0.2) is 4.79 Å². The zero-order valence-corrected chi connectivity index (χ0v) is 25.5. The molecular weight excluding hydrogens is 522 g/mol. The first-order valence-electron chi connectivity index (χ1n) is 13.1. The molecule has 11 heteroatoms. The average molecular weight is 568 g/mol. The molecule has 0 aliphatic rings. The highest BCUT2D eigenvalue weighted by molar-refractivity contribution is 7.98. The molecule has 1 rings (SSSR count). The molecule has 2 atom stereocenters. The van der Waals surface area contributed by atoms with E-state index in [-0.39, 0.29) is 30.9 Å². The van der Waals surface area contributed by atoms with Crippen LogP contribution in [0.3, 0.4) is 0 Å². The normalized spacial score (nSPS) is 13.2. The number of rotatable bonds is 12. The summed E-state index contributed by atoms with van der Waals surface area (Å²) in [6, 6.07) is 2.73. The van der Waals surface area contributed by atoms with Crippen molar-refractivity contribution in [3.05, 3.63) is 29.3 Å². The van der Waals surface area contributed by atoms with Crippen LogP contribution in [-0.4, -0.2) is 76.2 Å². The average Bonchev–Trinajstić information content (AvgIpc) is 2.80. The van der Waals surface area contributed by atoms with Crippen molar-refractivity contribution < 1.29 is 33.8 Å². The molecular formula is C28H45N3O7S. The molecule has 0 aromatic heterocycles. The number of alkyl carbamates (subject to hydrolysis) is 1. The molecule has 0 aliphatic carbocycles. The number of thioether (sulfide) groups is 1. The summed E-state index contributed by atoms with van der Waals surface area (Å²) in [7, 11) is 0. The van der Waals surface area contributed by atoms with Gasteiger partial charge in [-0.3, -0.25) is 14.4 Å². The number of aromatic hydroxyl groups is 1. The van der Waals surface area contributed by atoms with Crippen molar-refractivity contribution in [3.8, 4) is 5.75 Å². The van der Waals surface area contributed by atoms with Crippen LogP contribution in [0.1, 0.15) is 78.5 Å². The van der Waals surface area contributed by atoms with E-state index in [1.165, 1.54) is 16.7 Å². The number of carbonyl (C=O) groups excluding carboxylic acids is 4. The molecule has 39 heavy (non-hydrogen) atoms. The number of nitrogens with one attached hydrogen (secondary N) is 2. The van der Waals surface area contributed by atoms with Gasteiger partial charge in [-0.15, -0.1) is 0 Å². The number of carbonyl (C=O) groups is 4. The van der Waals surface area contributed by atoms with Crippen LogP contribution in [0.5, 0.6) is 5.75 Å². The van der Waals surface area contributed by atoms with Gasteiger partial charge in [0.2, 0.25) is 11.8 Å². The first-order valence-corrected chi connectivity index (χ1v) is 14.5. The summed E-state index contributed by atoms with van der Waals surface area (Å²) >= 11 is 1.51. The lowest BCUT2D eigenvalue weighted by molar-refractivity contribution is -0.149. The van der Waals surface area contributed by atoms with Crippen molar-refractivity contribution in [2.24, 2.45) is 0 Å². The van der Waals surface area contributed by atoms with Crippen LogP contribution < -0.4 is 10.6 Å². The molecule has 3 N–H and O–H groups in total. The highest BCUT2D eigenvalue weighted by atomic mass is 32.2. The summed E-state index contributed by atoms with van der Waals surface area (Å²) in [4.78, 5) is 53.8. The maximum atomic E-state index is 14.2. The second-order valence-electron chi connectivity index (χ2n) is 11.1. The predicted molar refractivity (Wildman–Crippen MR) is 153 cm³/mol. The van der Waals surface area contributed by atoms with E-state index < -0.39 is 47.1 Å². The van der Waals surface area contributed by atoms with Gasteiger partial charge in [-0.2, -0.15) is 11.8 Å². The Labute approximate surface area is 236 Å². The Bertz CT molecular complexity index is 1000. The van der Waals surface area contributed by atoms with Crippen LogP contribution in [0, 0.1) is 6.92 Å². The Morgan fingerprint density at radius 3 is 2.28 bits per heavy atom. The summed E-state index contributed by atoms with van der Waals surface area (Å²) in [5.74, 6) is -1.10. The van der Waals surface area contributed by atoms with Crippen LogP contribution in [0.15, 0.2) is 18.2 Å². The molecule has 0 aliphatic heterocycles. The summed E-state index contributed by atoms with van der Waals surface area (Å²) in [5, 5.41) is 16.4. The molecule has 0 spiro atoms. The van der Waals surface area contributed by atoms with Gasteiger partial charge in [-0.05, 0) is 79.4 Å². The number of para-hydroxylation sites is 1. The minimum absolute atomic E-state index is 0.0149. The van der Waals surface area contributed by atoms with E-state index in [4.69, 9.17) is 9.47 Å². The molecule has 0 fully saturated rings. The largest absolute Gasteiger partial charge is 0.507 e. The molecule has 1 aromatic carbocycles. The molecule has 220 valence electrons. The quantitative estimate of drug-likeness (QED) is 0.322. The zero-order chi connectivity index (χ0) is 30.0. The molecule has 1 aromatic rings. The Kier molecular flexibility index (Phi) is 13.1. The van der Waals surface area contributed by atoms with E-state index in [1.807, 2.05) is 6.26 Å². The van der Waals surface area contributed by atoms with Gasteiger partial charge in [0.1, 0.15) is 23.4 Å². The number of nitrogens with zero attached hydrogens (tertiary/aromatic N) is 1. The van der Waals surface area contributed by atoms with Gasteiger partial charge >= 0.3 is 12.1 Å². The Balaban J connectivity index is 3.54. The topological polar surface area (TPSA) is 134 Å². The summed E-state index contributed by atoms with van der Waals surface area (Å²) in [6.07, 6.45) is 1.39. The van der Waals surface area contributed by atoms with Crippen molar-refractivity contribution in [2.75, 3.05) is 25.2 Å². The number of aryl methyl sites for hydroxylation is 1. The predicted octanol–water partition coefficient (Wildman–Crippen LogP) is 4.08. The Hall–Kier alpha value is -2.95. The zero-order valence-electron chi connectivity index (χ0n) is 24.7. The number of phenols is 1. The third-order valence-corrected chi connectivity index (χ3v) is 6.21. The molecule has 0 bridgehead atoms. The SMILES string of the molecule is CCOC(=O)CCNC(=O)C(c1cccc(C)c1O)N(C(=O)C(CCSC)NC(=O)OC(C)(C)C)C(C)(C)C. The smallest absolute Gasteiger partial charge is 0.408 e. The second-order valence-corrected chi connectivity index (χ2v) is 12.1. The van der Waals surface area contributed by atoms with Crippen molar-refractivity contribution in [1.29, 1.82) is 0 Å². The maximum absolute atomic E-state index is 14.2. The first-order chi connectivity index (χ1) is 18.0. The number of ether oxygens (including phenoxy) is 2. The van der Waals surface area contributed by atoms with Crippen molar-refractivity contribution in [2.45, 2.75) is 91.5 Å². The van der Waals surface area contributed by atoms with Gasteiger partial charge in [0, 0.05) is 17.6 Å². The lowest BCUT2D eigenvalue weighted by atomic mass is 9.93. The minimum atomic E-state index is -1.25. The number of benzene rings is 1. The highest BCUT2D eigenvalue weighted by Gasteiger charge is 2.42. The van der Waals surface area contributed by atoms with Gasteiger partial charge in [-0.1, -0.05) is 18.2 Å². The van der Waals surface area contributed by atoms with Gasteiger partial charge in [0.25, 0.3) is 0 Å². The Morgan fingerprint density at radius 2 is 1.74 bits per heavy atom. The van der Waals surface area contributed by atoms with Crippen LogP contribution in [0.2, 0.25) is 0 Å². The van der Waals surface area contributed by atoms with Crippen molar-refractivity contribution in [3.63, 3.8) is 0 Å². The van der Waals surface area contributed by atoms with Crippen LogP contribution in [-0.2, 0) is 23.9 Å². The fourth-order valence-electron chi connectivity index (χ4n) is 3.87. The van der Waals surface area contributed by atoms with E-state index in [2.05, 4.69) is 10.6 Å². The summed E-state index contributed by atoms with van der Waals surface area (Å²) in [5.41, 5.74) is -0.920. The third kappa shape index (κ3) is 11.0. The number of amides is 3. The van der Waals surface area contributed by atoms with Gasteiger partial charge in [0.05, 0.1) is 13.0 Å². The molecule has 10 nitrogen and oxygen atoms in total. The van der Waals surface area contributed by atoms with E-state index in [0.717, 1.165) is 0 Å². The molecule has 0 radical (unpaired) electrons. The summed E-state index contributed by atoms with van der Waals surface area (Å²) in [6.45, 7) is 14.1. The fraction of sp³-hybridized carbons (Fsp3) is 0.643. The number of esters is 1. The molecule has 2 unspecified atom stereocenters. The van der Waals surface area contributed by atoms with E-state index in [1.54, 1.807) is 73.6 Å². The van der Waals surface area contributed by atoms with E-state index >= 15 is 0 Å². The monoisotopic (exact) mass is 567 g/mol. The van der Waals surface area contributed by atoms with Gasteiger partial charge < -0.3 is 30.1 Å². The minimum Gasteiger partial charge on any atom is -0.507 e. The van der Waals surface area contributed by atoms with Crippen molar-refractivity contribution in [1.82, 2.24) is 15.5 Å².